The molecule has 0 aliphatic heterocycles. The molecule has 1 aromatic heterocycles. The summed E-state index contributed by atoms with van der Waals surface area (Å²) in [7, 11) is 6.03. The number of likely N-dealkylation sites (N-methyl/N-ethyl adjacent to an activating group) is 1. The molecule has 0 aliphatic rings. The molecule has 270 valence electrons. The monoisotopic (exact) mass is 674 g/mol. The number of non-ortho nitro benzene ring substituents is 1. The van der Waals surface area contributed by atoms with Crippen molar-refractivity contribution in [3.05, 3.63) is 34.4 Å². The van der Waals surface area contributed by atoms with Crippen LogP contribution < -0.4 is 5.32 Å². The number of ether oxygens (including phenoxy) is 2. The number of nitrogens with one attached hydrogen (secondary N) is 1. The number of quaternary nitrogens is 1. The van der Waals surface area contributed by atoms with Crippen molar-refractivity contribution < 1.29 is 33.1 Å². The zero-order chi connectivity index (χ0) is 35.0. The number of unbranched alkanes of at least 4 members (excludes halogenated alkanes) is 13. The van der Waals surface area contributed by atoms with E-state index in [0.29, 0.717) is 41.6 Å². The smallest absolute Gasteiger partial charge is 0.306 e. The summed E-state index contributed by atoms with van der Waals surface area (Å²) < 4.78 is 16.5. The highest BCUT2D eigenvalue weighted by atomic mass is 16.6. The van der Waals surface area contributed by atoms with Crippen molar-refractivity contribution in [1.82, 2.24) is 10.3 Å². The number of carbonyl (C=O) groups is 2. The number of aromatic nitrogens is 2. The van der Waals surface area contributed by atoms with Crippen LogP contribution in [0.4, 0.5) is 11.4 Å². The van der Waals surface area contributed by atoms with Crippen LogP contribution in [0.3, 0.4) is 0 Å². The predicted octanol–water partition coefficient (Wildman–Crippen LogP) is 8.30. The largest absolute Gasteiger partial charge is 0.461 e. The van der Waals surface area contributed by atoms with Crippen LogP contribution in [0.2, 0.25) is 0 Å². The zero-order valence-electron chi connectivity index (χ0n) is 29.9. The standard InChI is InChI=1S/C36H60N5O7/c1-5-6-7-8-9-10-11-12-13-14-15-16-17-18-20-23-33(42)46-29-30(28-41(2,3)4)47-34(43)24-21-19-22-27-37-31-25-26-32(40(44)45)36-35(31)38-48-39-36/h12-13,25-26,30,37H,5-11,14-24,27-29H2,1-4H3/q+1. The van der Waals surface area contributed by atoms with Crippen molar-refractivity contribution in [3.8, 4) is 0 Å². The number of hydrogen-bond donors (Lipinski definition) is 1. The fourth-order valence-corrected chi connectivity index (χ4v) is 5.52. The first-order valence-electron chi connectivity index (χ1n) is 18.0. The molecule has 2 aromatic rings. The Morgan fingerprint density at radius 1 is 0.854 bits per heavy atom. The van der Waals surface area contributed by atoms with Crippen LogP contribution in [0.5, 0.6) is 0 Å². The molecule has 0 bridgehead atoms. The number of benzene rings is 1. The van der Waals surface area contributed by atoms with Gasteiger partial charge < -0.3 is 19.3 Å². The van der Waals surface area contributed by atoms with Gasteiger partial charge in [-0.2, -0.15) is 0 Å². The minimum Gasteiger partial charge on any atom is -0.461 e. The number of hydrogen-bond acceptors (Lipinski definition) is 10. The number of allylic oxidation sites excluding steroid dienone is 2. The summed E-state index contributed by atoms with van der Waals surface area (Å²) in [6.45, 7) is 3.45. The van der Waals surface area contributed by atoms with Crippen LogP contribution in [0.25, 0.3) is 11.0 Å². The summed E-state index contributed by atoms with van der Waals surface area (Å²) in [6, 6.07) is 2.95. The van der Waals surface area contributed by atoms with Crippen molar-refractivity contribution in [3.63, 3.8) is 0 Å². The summed E-state index contributed by atoms with van der Waals surface area (Å²) in [4.78, 5) is 35.6. The fourth-order valence-electron chi connectivity index (χ4n) is 5.52. The van der Waals surface area contributed by atoms with Gasteiger partial charge in [0.1, 0.15) is 13.2 Å². The summed E-state index contributed by atoms with van der Waals surface area (Å²) in [6.07, 6.45) is 22.7. The molecule has 0 radical (unpaired) electrons. The highest BCUT2D eigenvalue weighted by Crippen LogP contribution is 2.28. The molecule has 1 heterocycles. The van der Waals surface area contributed by atoms with E-state index in [0.717, 1.165) is 38.5 Å². The second-order valence-electron chi connectivity index (χ2n) is 13.7. The number of carbonyl (C=O) groups excluding carboxylic acids is 2. The Balaban J connectivity index is 1.55. The maximum Gasteiger partial charge on any atom is 0.306 e. The van der Waals surface area contributed by atoms with Gasteiger partial charge in [-0.3, -0.25) is 19.7 Å². The Bertz CT molecular complexity index is 1240. The van der Waals surface area contributed by atoms with E-state index in [1.165, 1.54) is 63.9 Å². The lowest BCUT2D eigenvalue weighted by Gasteiger charge is -2.28. The number of anilines is 1. The molecule has 1 N–H and O–H groups in total. The van der Waals surface area contributed by atoms with Gasteiger partial charge in [-0.15, -0.1) is 0 Å². The number of nitro benzene ring substituents is 1. The predicted molar refractivity (Wildman–Crippen MR) is 189 cm³/mol. The highest BCUT2D eigenvalue weighted by Gasteiger charge is 2.24. The molecule has 48 heavy (non-hydrogen) atoms. The van der Waals surface area contributed by atoms with Crippen LogP contribution in [-0.2, 0) is 19.1 Å². The third kappa shape index (κ3) is 18.1. The molecule has 0 amide bonds. The Labute approximate surface area is 286 Å². The van der Waals surface area contributed by atoms with Gasteiger partial charge in [0.2, 0.25) is 5.52 Å². The lowest BCUT2D eigenvalue weighted by Crippen LogP contribution is -2.45. The van der Waals surface area contributed by atoms with Crippen LogP contribution in [0.15, 0.2) is 28.9 Å². The third-order valence-corrected chi connectivity index (χ3v) is 8.09. The third-order valence-electron chi connectivity index (χ3n) is 8.09. The minimum absolute atomic E-state index is 0.0652. The molecule has 1 atom stereocenters. The van der Waals surface area contributed by atoms with Gasteiger partial charge in [0, 0.05) is 25.5 Å². The first-order chi connectivity index (χ1) is 23.1. The maximum absolute atomic E-state index is 12.6. The van der Waals surface area contributed by atoms with Gasteiger partial charge in [0.15, 0.2) is 11.6 Å². The normalized spacial score (nSPS) is 12.4. The Morgan fingerprint density at radius 2 is 1.44 bits per heavy atom. The van der Waals surface area contributed by atoms with Crippen molar-refractivity contribution in [1.29, 1.82) is 0 Å². The number of fused-ring (bicyclic) bond motifs is 1. The van der Waals surface area contributed by atoms with Gasteiger partial charge >= 0.3 is 17.6 Å². The Morgan fingerprint density at radius 3 is 2.08 bits per heavy atom. The van der Waals surface area contributed by atoms with Crippen molar-refractivity contribution in [2.24, 2.45) is 0 Å². The van der Waals surface area contributed by atoms with Gasteiger partial charge in [0.25, 0.3) is 0 Å². The molecule has 0 spiro atoms. The SMILES string of the molecule is CCCCCCCCC=CCCCCCCCC(=O)OCC(C[N+](C)(C)C)OC(=O)CCCCCNc1ccc([N+](=O)[O-])c2nonc12. The van der Waals surface area contributed by atoms with Gasteiger partial charge in [-0.25, -0.2) is 4.63 Å². The van der Waals surface area contributed by atoms with E-state index in [4.69, 9.17) is 9.47 Å². The number of rotatable bonds is 28. The maximum atomic E-state index is 12.6. The summed E-state index contributed by atoms with van der Waals surface area (Å²) in [5, 5.41) is 21.8. The minimum atomic E-state index is -0.523. The molecule has 12 heteroatoms. The van der Waals surface area contributed by atoms with E-state index in [2.05, 4.69) is 39.3 Å². The second kappa shape index (κ2) is 23.7. The van der Waals surface area contributed by atoms with Gasteiger partial charge in [0.05, 0.1) is 31.8 Å². The lowest BCUT2D eigenvalue weighted by molar-refractivity contribution is -0.873. The molecule has 2 rings (SSSR count). The van der Waals surface area contributed by atoms with E-state index in [1.54, 1.807) is 6.07 Å². The molecule has 1 unspecified atom stereocenters. The van der Waals surface area contributed by atoms with E-state index >= 15 is 0 Å². The molecule has 0 saturated carbocycles. The molecule has 1 aromatic carbocycles. The van der Waals surface area contributed by atoms with Gasteiger partial charge in [-0.05, 0) is 61.3 Å². The average molecular weight is 675 g/mol. The molecule has 0 saturated heterocycles. The first-order valence-corrected chi connectivity index (χ1v) is 18.0. The fraction of sp³-hybridized carbons (Fsp3) is 0.722. The van der Waals surface area contributed by atoms with Crippen LogP contribution in [0, 0.1) is 10.1 Å². The average Bonchev–Trinajstić information content (AvgIpc) is 3.53. The molecule has 12 nitrogen and oxygen atoms in total. The number of esters is 2. The van der Waals surface area contributed by atoms with Gasteiger partial charge in [-0.1, -0.05) is 76.9 Å². The Hall–Kier alpha value is -3.54. The first kappa shape index (κ1) is 40.6. The van der Waals surface area contributed by atoms with Crippen molar-refractivity contribution >= 4 is 34.3 Å². The quantitative estimate of drug-likeness (QED) is 0.0233. The lowest BCUT2D eigenvalue weighted by atomic mass is 10.1. The van der Waals surface area contributed by atoms with Crippen LogP contribution in [-0.4, -0.2) is 78.6 Å². The molecule has 0 aliphatic carbocycles. The number of nitro groups is 1. The highest BCUT2D eigenvalue weighted by molar-refractivity contribution is 5.93. The molecule has 0 fully saturated rings. The van der Waals surface area contributed by atoms with Crippen LogP contribution in [0.1, 0.15) is 122 Å². The van der Waals surface area contributed by atoms with E-state index in [-0.39, 0.29) is 36.2 Å². The Kier molecular flexibility index (Phi) is 20.1. The molecular weight excluding hydrogens is 614 g/mol. The zero-order valence-corrected chi connectivity index (χ0v) is 29.9. The van der Waals surface area contributed by atoms with E-state index < -0.39 is 11.0 Å². The number of nitrogens with zero attached hydrogens (tertiary/aromatic N) is 4. The van der Waals surface area contributed by atoms with E-state index in [1.807, 2.05) is 21.1 Å². The summed E-state index contributed by atoms with van der Waals surface area (Å²) in [5.74, 6) is -0.547. The molecular formula is C36H60N5O7+. The topological polar surface area (TPSA) is 147 Å². The summed E-state index contributed by atoms with van der Waals surface area (Å²) >= 11 is 0. The van der Waals surface area contributed by atoms with Crippen molar-refractivity contribution in [2.45, 2.75) is 129 Å². The summed E-state index contributed by atoms with van der Waals surface area (Å²) in [5.41, 5.74) is 0.854. The van der Waals surface area contributed by atoms with E-state index in [9.17, 15) is 19.7 Å². The van der Waals surface area contributed by atoms with Crippen LogP contribution >= 0.6 is 0 Å². The van der Waals surface area contributed by atoms with Crippen molar-refractivity contribution in [2.75, 3.05) is 46.2 Å². The second-order valence-corrected chi connectivity index (χ2v) is 13.7.